The van der Waals surface area contributed by atoms with Crippen LogP contribution in [0.5, 0.6) is 11.6 Å². The number of hydrogen-bond donors (Lipinski definition) is 2. The van der Waals surface area contributed by atoms with Crippen molar-refractivity contribution in [2.24, 2.45) is 5.73 Å². The molecule has 0 spiro atoms. The molecular weight excluding hydrogens is 312 g/mol. The predicted octanol–water partition coefficient (Wildman–Crippen LogP) is 1.32. The van der Waals surface area contributed by atoms with Crippen LogP contribution in [-0.2, 0) is 6.54 Å². The second kappa shape index (κ2) is 5.48. The normalized spacial score (nSPS) is 10.9. The quantitative estimate of drug-likeness (QED) is 0.751. The monoisotopic (exact) mass is 321 g/mol. The van der Waals surface area contributed by atoms with Gasteiger partial charge in [-0.1, -0.05) is 0 Å². The molecule has 118 valence electrons. The smallest absolute Gasteiger partial charge is 0.411 e. The van der Waals surface area contributed by atoms with E-state index in [9.17, 15) is 18.7 Å². The molecule has 0 unspecified atom stereocenters. The maximum atomic E-state index is 13.8. The number of amides is 1. The van der Waals surface area contributed by atoms with E-state index in [2.05, 4.69) is 19.7 Å². The van der Waals surface area contributed by atoms with Gasteiger partial charge in [0.25, 0.3) is 5.88 Å². The molecule has 2 heterocycles. The molecule has 2 aromatic heterocycles. The molecule has 0 atom stereocenters. The Balaban J connectivity index is 2.06. The van der Waals surface area contributed by atoms with Crippen LogP contribution in [0.25, 0.3) is 11.2 Å². The number of carbonyl (C=O) groups is 1. The van der Waals surface area contributed by atoms with Gasteiger partial charge in [-0.15, -0.1) is 0 Å². The number of aromatic nitrogens is 4. The highest BCUT2D eigenvalue weighted by molar-refractivity contribution is 5.79. The first-order chi connectivity index (χ1) is 11.0. The zero-order chi connectivity index (χ0) is 16.6. The lowest BCUT2D eigenvalue weighted by molar-refractivity contribution is 0.209. The molecule has 0 aliphatic rings. The standard InChI is InChI=1S/C13H9F2N5O3/c14-7-1-2-8(21)6(9(7)15)3-20-5-19-10-11(20)17-4-18-12(10)23-13(16)22/h1-2,4-5,21H,3H2,(H2,16,22). The molecule has 0 bridgehead atoms. The zero-order valence-corrected chi connectivity index (χ0v) is 11.4. The summed E-state index contributed by atoms with van der Waals surface area (Å²) in [5, 5.41) is 9.70. The molecule has 3 rings (SSSR count). The number of imidazole rings is 1. The van der Waals surface area contributed by atoms with Crippen LogP contribution in [-0.4, -0.2) is 30.7 Å². The molecular formula is C13H9F2N5O3. The molecule has 0 saturated heterocycles. The average Bonchev–Trinajstić information content (AvgIpc) is 2.91. The van der Waals surface area contributed by atoms with Gasteiger partial charge >= 0.3 is 6.09 Å². The summed E-state index contributed by atoms with van der Waals surface area (Å²) in [5.74, 6) is -2.83. The summed E-state index contributed by atoms with van der Waals surface area (Å²) in [6, 6.07) is 1.87. The second-order valence-corrected chi connectivity index (χ2v) is 4.50. The minimum Gasteiger partial charge on any atom is -0.507 e. The van der Waals surface area contributed by atoms with Crippen LogP contribution in [0.3, 0.4) is 0 Å². The van der Waals surface area contributed by atoms with E-state index in [0.717, 1.165) is 18.5 Å². The molecule has 0 fully saturated rings. The van der Waals surface area contributed by atoms with Gasteiger partial charge in [0.1, 0.15) is 12.1 Å². The van der Waals surface area contributed by atoms with Gasteiger partial charge in [0.2, 0.25) is 0 Å². The summed E-state index contributed by atoms with van der Waals surface area (Å²) in [7, 11) is 0. The van der Waals surface area contributed by atoms with Crippen molar-refractivity contribution in [2.75, 3.05) is 0 Å². The van der Waals surface area contributed by atoms with Gasteiger partial charge in [-0.2, -0.15) is 4.98 Å². The number of fused-ring (bicyclic) bond motifs is 1. The van der Waals surface area contributed by atoms with Crippen molar-refractivity contribution in [1.82, 2.24) is 19.5 Å². The summed E-state index contributed by atoms with van der Waals surface area (Å²) in [4.78, 5) is 22.4. The summed E-state index contributed by atoms with van der Waals surface area (Å²) < 4.78 is 33.1. The summed E-state index contributed by atoms with van der Waals surface area (Å²) >= 11 is 0. The van der Waals surface area contributed by atoms with Gasteiger partial charge < -0.3 is 20.1 Å². The number of aromatic hydroxyl groups is 1. The van der Waals surface area contributed by atoms with Gasteiger partial charge in [0.05, 0.1) is 18.4 Å². The minimum atomic E-state index is -1.17. The number of phenolic OH excluding ortho intramolecular Hbond substituents is 1. The fourth-order valence-corrected chi connectivity index (χ4v) is 2.05. The molecule has 0 radical (unpaired) electrons. The highest BCUT2D eigenvalue weighted by atomic mass is 19.2. The van der Waals surface area contributed by atoms with E-state index >= 15 is 0 Å². The average molecular weight is 321 g/mol. The van der Waals surface area contributed by atoms with Crippen LogP contribution >= 0.6 is 0 Å². The minimum absolute atomic E-state index is 0.114. The fourth-order valence-electron chi connectivity index (χ4n) is 2.05. The van der Waals surface area contributed by atoms with Crippen LogP contribution < -0.4 is 10.5 Å². The first-order valence-corrected chi connectivity index (χ1v) is 6.26. The lowest BCUT2D eigenvalue weighted by Crippen LogP contribution is -2.17. The van der Waals surface area contributed by atoms with E-state index in [0.29, 0.717) is 0 Å². The third-order valence-electron chi connectivity index (χ3n) is 3.06. The molecule has 3 aromatic rings. The lowest BCUT2D eigenvalue weighted by Gasteiger charge is -2.08. The number of nitrogens with two attached hydrogens (primary N) is 1. The number of phenols is 1. The fraction of sp³-hybridized carbons (Fsp3) is 0.0769. The number of hydrogen-bond acceptors (Lipinski definition) is 6. The molecule has 23 heavy (non-hydrogen) atoms. The van der Waals surface area contributed by atoms with Crippen LogP contribution in [0.15, 0.2) is 24.8 Å². The number of primary amides is 1. The lowest BCUT2D eigenvalue weighted by atomic mass is 10.2. The molecule has 0 aliphatic heterocycles. The van der Waals surface area contributed by atoms with Crippen molar-refractivity contribution >= 4 is 17.3 Å². The number of rotatable bonds is 3. The van der Waals surface area contributed by atoms with Crippen LogP contribution in [0, 0.1) is 11.6 Å². The largest absolute Gasteiger partial charge is 0.507 e. The number of carbonyl (C=O) groups excluding carboxylic acids is 1. The van der Waals surface area contributed by atoms with Crippen molar-refractivity contribution in [3.63, 3.8) is 0 Å². The SMILES string of the molecule is NC(=O)Oc1ncnc2c1ncn2Cc1c(O)ccc(F)c1F. The number of halogens is 2. The Morgan fingerprint density at radius 3 is 2.83 bits per heavy atom. The van der Waals surface area contributed by atoms with Gasteiger partial charge in [0, 0.05) is 0 Å². The third kappa shape index (κ3) is 2.61. The molecule has 8 nitrogen and oxygen atoms in total. The summed E-state index contributed by atoms with van der Waals surface area (Å²) in [6.45, 7) is -0.237. The maximum absolute atomic E-state index is 13.8. The molecule has 1 amide bonds. The highest BCUT2D eigenvalue weighted by Crippen LogP contribution is 2.26. The number of ether oxygens (including phenoxy) is 1. The Morgan fingerprint density at radius 2 is 2.09 bits per heavy atom. The van der Waals surface area contributed by atoms with Crippen molar-refractivity contribution in [1.29, 1.82) is 0 Å². The predicted molar refractivity (Wildman–Crippen MR) is 72.7 cm³/mol. The third-order valence-corrected chi connectivity index (χ3v) is 3.06. The Labute approximate surface area is 127 Å². The van der Waals surface area contributed by atoms with Crippen LogP contribution in [0.4, 0.5) is 13.6 Å². The van der Waals surface area contributed by atoms with E-state index < -0.39 is 23.5 Å². The van der Waals surface area contributed by atoms with Crippen LogP contribution in [0.1, 0.15) is 5.56 Å². The highest BCUT2D eigenvalue weighted by Gasteiger charge is 2.17. The Morgan fingerprint density at radius 1 is 1.30 bits per heavy atom. The Kier molecular flexibility index (Phi) is 3.48. The van der Waals surface area contributed by atoms with Gasteiger partial charge in [-0.05, 0) is 12.1 Å². The molecule has 1 aromatic carbocycles. The second-order valence-electron chi connectivity index (χ2n) is 4.50. The van der Waals surface area contributed by atoms with Gasteiger partial charge in [0.15, 0.2) is 22.8 Å². The van der Waals surface area contributed by atoms with Crippen molar-refractivity contribution < 1.29 is 23.4 Å². The molecule has 0 aliphatic carbocycles. The van der Waals surface area contributed by atoms with Crippen molar-refractivity contribution in [3.8, 4) is 11.6 Å². The number of nitrogens with zero attached hydrogens (tertiary/aromatic N) is 4. The summed E-state index contributed by atoms with van der Waals surface area (Å²) in [6.07, 6.45) is 1.28. The van der Waals surface area contributed by atoms with Crippen molar-refractivity contribution in [2.45, 2.75) is 6.54 Å². The molecule has 10 heteroatoms. The van der Waals surface area contributed by atoms with Crippen LogP contribution in [0.2, 0.25) is 0 Å². The van der Waals surface area contributed by atoms with Gasteiger partial charge in [-0.25, -0.2) is 23.5 Å². The van der Waals surface area contributed by atoms with E-state index in [1.807, 2.05) is 0 Å². The van der Waals surface area contributed by atoms with E-state index in [1.54, 1.807) is 0 Å². The topological polar surface area (TPSA) is 116 Å². The van der Waals surface area contributed by atoms with Gasteiger partial charge in [-0.3, -0.25) is 0 Å². The van der Waals surface area contributed by atoms with Crippen molar-refractivity contribution in [3.05, 3.63) is 42.0 Å². The van der Waals surface area contributed by atoms with E-state index in [4.69, 9.17) is 5.73 Å². The van der Waals surface area contributed by atoms with E-state index in [1.165, 1.54) is 10.9 Å². The maximum Gasteiger partial charge on any atom is 0.411 e. The Bertz CT molecular complexity index is 912. The molecule has 0 saturated carbocycles. The zero-order valence-electron chi connectivity index (χ0n) is 11.4. The first-order valence-electron chi connectivity index (χ1n) is 6.26. The Hall–Kier alpha value is -3.30. The van der Waals surface area contributed by atoms with E-state index in [-0.39, 0.29) is 29.2 Å². The number of benzene rings is 1. The molecule has 3 N–H and O–H groups in total. The summed E-state index contributed by atoms with van der Waals surface area (Å²) in [5.41, 5.74) is 4.97. The first kappa shape index (κ1) is 14.6.